The van der Waals surface area contributed by atoms with Crippen LogP contribution in [0.4, 0.5) is 9.18 Å². The molecule has 0 aliphatic carbocycles. The van der Waals surface area contributed by atoms with Crippen LogP contribution in [0.2, 0.25) is 0 Å². The van der Waals surface area contributed by atoms with Gasteiger partial charge in [0.15, 0.2) is 11.6 Å². The quantitative estimate of drug-likeness (QED) is 0.736. The van der Waals surface area contributed by atoms with Gasteiger partial charge in [-0.05, 0) is 25.3 Å². The molecule has 20 heavy (non-hydrogen) atoms. The fraction of sp³-hybridized carbons (Fsp3) is 0.500. The molecule has 0 fully saturated rings. The van der Waals surface area contributed by atoms with Crippen molar-refractivity contribution < 1.29 is 19.0 Å². The van der Waals surface area contributed by atoms with Crippen LogP contribution in [0.15, 0.2) is 18.2 Å². The number of hydrogen-bond acceptors (Lipinski definition) is 3. The third-order valence-electron chi connectivity index (χ3n) is 3.18. The van der Waals surface area contributed by atoms with Gasteiger partial charge >= 0.3 is 6.03 Å². The van der Waals surface area contributed by atoms with Gasteiger partial charge in [0, 0.05) is 18.7 Å². The Morgan fingerprint density at radius 3 is 3.15 bits per heavy atom. The molecule has 1 unspecified atom stereocenters. The van der Waals surface area contributed by atoms with Gasteiger partial charge in [0.05, 0.1) is 12.6 Å². The van der Waals surface area contributed by atoms with Gasteiger partial charge in [-0.1, -0.05) is 12.1 Å². The molecule has 1 aliphatic rings. The van der Waals surface area contributed by atoms with Crippen LogP contribution in [0.25, 0.3) is 0 Å². The highest BCUT2D eigenvalue weighted by molar-refractivity contribution is 5.74. The van der Waals surface area contributed by atoms with E-state index in [9.17, 15) is 9.18 Å². The van der Waals surface area contributed by atoms with Crippen molar-refractivity contribution in [3.05, 3.63) is 29.6 Å². The summed E-state index contributed by atoms with van der Waals surface area (Å²) in [7, 11) is 0. The first kappa shape index (κ1) is 14.6. The van der Waals surface area contributed by atoms with Gasteiger partial charge in [-0.2, -0.15) is 0 Å². The summed E-state index contributed by atoms with van der Waals surface area (Å²) in [6.45, 7) is 0.880. The Morgan fingerprint density at radius 1 is 1.50 bits per heavy atom. The first-order valence-electron chi connectivity index (χ1n) is 6.79. The Hall–Kier alpha value is -1.82. The highest BCUT2D eigenvalue weighted by Crippen LogP contribution is 2.33. The van der Waals surface area contributed by atoms with Crippen LogP contribution in [-0.4, -0.2) is 30.9 Å². The lowest BCUT2D eigenvalue weighted by molar-refractivity contribution is 0.233. The number of carbonyl (C=O) groups excluding carboxylic acids is 1. The number of aliphatic hydroxyl groups is 1. The molecule has 1 aromatic rings. The van der Waals surface area contributed by atoms with Gasteiger partial charge in [-0.15, -0.1) is 0 Å². The molecule has 3 N–H and O–H groups in total. The predicted octanol–water partition coefficient (Wildman–Crippen LogP) is 1.72. The molecule has 110 valence electrons. The second-order valence-electron chi connectivity index (χ2n) is 4.68. The van der Waals surface area contributed by atoms with Crippen LogP contribution in [0, 0.1) is 5.82 Å². The molecule has 0 spiro atoms. The van der Waals surface area contributed by atoms with Gasteiger partial charge < -0.3 is 20.5 Å². The van der Waals surface area contributed by atoms with Gasteiger partial charge in [0.1, 0.15) is 0 Å². The first-order chi connectivity index (χ1) is 9.72. The smallest absolute Gasteiger partial charge is 0.315 e. The van der Waals surface area contributed by atoms with Crippen molar-refractivity contribution in [1.82, 2.24) is 10.6 Å². The van der Waals surface area contributed by atoms with Gasteiger partial charge in [-0.3, -0.25) is 0 Å². The van der Waals surface area contributed by atoms with Crippen molar-refractivity contribution in [2.24, 2.45) is 0 Å². The second-order valence-corrected chi connectivity index (χ2v) is 4.68. The molecule has 5 nitrogen and oxygen atoms in total. The lowest BCUT2D eigenvalue weighted by atomic mass is 10.0. The van der Waals surface area contributed by atoms with Crippen molar-refractivity contribution >= 4 is 6.03 Å². The van der Waals surface area contributed by atoms with Crippen molar-refractivity contribution in [3.63, 3.8) is 0 Å². The number of carbonyl (C=O) groups is 1. The molecule has 0 saturated carbocycles. The van der Waals surface area contributed by atoms with Crippen molar-refractivity contribution in [3.8, 4) is 5.75 Å². The van der Waals surface area contributed by atoms with Crippen LogP contribution < -0.4 is 15.4 Å². The summed E-state index contributed by atoms with van der Waals surface area (Å²) in [5.74, 6) is -0.178. The molecule has 0 aromatic heterocycles. The SMILES string of the molecule is O=C(NCCCO)NC1CCCOc2c(F)cccc21. The van der Waals surface area contributed by atoms with E-state index in [0.717, 1.165) is 6.42 Å². The summed E-state index contributed by atoms with van der Waals surface area (Å²) in [4.78, 5) is 11.8. The number of benzene rings is 1. The number of para-hydroxylation sites is 1. The molecular weight excluding hydrogens is 263 g/mol. The maximum absolute atomic E-state index is 13.7. The Bertz CT molecular complexity index is 468. The summed E-state index contributed by atoms with van der Waals surface area (Å²) in [5, 5.41) is 14.1. The summed E-state index contributed by atoms with van der Waals surface area (Å²) >= 11 is 0. The molecule has 1 aliphatic heterocycles. The van der Waals surface area contributed by atoms with E-state index in [1.54, 1.807) is 12.1 Å². The first-order valence-corrected chi connectivity index (χ1v) is 6.79. The fourth-order valence-corrected chi connectivity index (χ4v) is 2.21. The topological polar surface area (TPSA) is 70.6 Å². The molecule has 0 radical (unpaired) electrons. The normalized spacial score (nSPS) is 17.6. The van der Waals surface area contributed by atoms with Gasteiger partial charge in [0.2, 0.25) is 0 Å². The van der Waals surface area contributed by atoms with E-state index >= 15 is 0 Å². The maximum atomic E-state index is 13.7. The minimum atomic E-state index is -0.406. The number of urea groups is 1. The molecule has 2 amide bonds. The van der Waals surface area contributed by atoms with Crippen LogP contribution >= 0.6 is 0 Å². The predicted molar refractivity (Wildman–Crippen MR) is 72.1 cm³/mol. The Balaban J connectivity index is 2.05. The molecule has 1 heterocycles. The molecule has 6 heteroatoms. The molecule has 1 aromatic carbocycles. The minimum Gasteiger partial charge on any atom is -0.490 e. The maximum Gasteiger partial charge on any atom is 0.315 e. The number of amides is 2. The fourth-order valence-electron chi connectivity index (χ4n) is 2.21. The minimum absolute atomic E-state index is 0.0333. The van der Waals surface area contributed by atoms with Gasteiger partial charge in [-0.25, -0.2) is 9.18 Å². The third-order valence-corrected chi connectivity index (χ3v) is 3.18. The van der Waals surface area contributed by atoms with Crippen LogP contribution in [0.5, 0.6) is 5.75 Å². The number of rotatable bonds is 4. The largest absolute Gasteiger partial charge is 0.490 e. The average molecular weight is 282 g/mol. The van der Waals surface area contributed by atoms with E-state index in [1.165, 1.54) is 6.07 Å². The van der Waals surface area contributed by atoms with Gasteiger partial charge in [0.25, 0.3) is 0 Å². The Kier molecular flexibility index (Phi) is 5.17. The Labute approximate surface area is 117 Å². The highest BCUT2D eigenvalue weighted by atomic mass is 19.1. The molecule has 1 atom stereocenters. The molecule has 2 rings (SSSR count). The van der Waals surface area contributed by atoms with Crippen LogP contribution in [0.1, 0.15) is 30.9 Å². The zero-order valence-electron chi connectivity index (χ0n) is 11.2. The molecule has 0 bridgehead atoms. The summed E-state index contributed by atoms with van der Waals surface area (Å²) < 4.78 is 19.1. The van der Waals surface area contributed by atoms with Crippen molar-refractivity contribution in [2.45, 2.75) is 25.3 Å². The van der Waals surface area contributed by atoms with E-state index in [2.05, 4.69) is 10.6 Å². The number of aliphatic hydroxyl groups excluding tert-OH is 1. The third kappa shape index (κ3) is 3.60. The monoisotopic (exact) mass is 282 g/mol. The van der Waals surface area contributed by atoms with E-state index < -0.39 is 5.82 Å². The van der Waals surface area contributed by atoms with E-state index in [1.807, 2.05) is 0 Å². The highest BCUT2D eigenvalue weighted by Gasteiger charge is 2.23. The lowest BCUT2D eigenvalue weighted by Crippen LogP contribution is -2.38. The number of fused-ring (bicyclic) bond motifs is 1. The number of halogens is 1. The number of hydrogen-bond donors (Lipinski definition) is 3. The van der Waals surface area contributed by atoms with Crippen LogP contribution in [0.3, 0.4) is 0 Å². The number of ether oxygens (including phenoxy) is 1. The zero-order valence-corrected chi connectivity index (χ0v) is 11.2. The lowest BCUT2D eigenvalue weighted by Gasteiger charge is -2.19. The van der Waals surface area contributed by atoms with E-state index in [4.69, 9.17) is 9.84 Å². The van der Waals surface area contributed by atoms with Crippen LogP contribution in [-0.2, 0) is 0 Å². The average Bonchev–Trinajstić information content (AvgIpc) is 2.63. The van der Waals surface area contributed by atoms with E-state index in [0.29, 0.717) is 31.6 Å². The number of nitrogens with one attached hydrogen (secondary N) is 2. The Morgan fingerprint density at radius 2 is 2.35 bits per heavy atom. The standard InChI is InChI=1S/C14H19FN2O3/c15-11-5-1-4-10-12(6-2-9-20-13(10)11)17-14(19)16-7-3-8-18/h1,4-5,12,18H,2-3,6-9H2,(H2,16,17,19). The van der Waals surface area contributed by atoms with E-state index in [-0.39, 0.29) is 24.4 Å². The molecule has 0 saturated heterocycles. The molecular formula is C14H19FN2O3. The summed E-state index contributed by atoms with van der Waals surface area (Å²) in [6.07, 6.45) is 1.95. The summed E-state index contributed by atoms with van der Waals surface area (Å²) in [6, 6.07) is 4.14. The van der Waals surface area contributed by atoms with Crippen molar-refractivity contribution in [1.29, 1.82) is 0 Å². The summed E-state index contributed by atoms with van der Waals surface area (Å²) in [5.41, 5.74) is 0.666. The zero-order chi connectivity index (χ0) is 14.4. The van der Waals surface area contributed by atoms with Crippen molar-refractivity contribution in [2.75, 3.05) is 19.8 Å². The second kappa shape index (κ2) is 7.09.